The Morgan fingerprint density at radius 3 is 2.10 bits per heavy atom. The molecule has 1 aromatic heterocycles. The fourth-order valence-electron chi connectivity index (χ4n) is 2.29. The van der Waals surface area contributed by atoms with E-state index in [1.54, 1.807) is 12.1 Å². The molecule has 0 bridgehead atoms. The number of ether oxygens (including phenoxy) is 1. The lowest BCUT2D eigenvalue weighted by Crippen LogP contribution is -2.18. The number of aliphatic carboxylic acids is 2. The van der Waals surface area contributed by atoms with Gasteiger partial charge in [-0.1, -0.05) is 30.3 Å². The van der Waals surface area contributed by atoms with Crippen molar-refractivity contribution in [2.24, 2.45) is 0 Å². The predicted octanol–water partition coefficient (Wildman–Crippen LogP) is 2.73. The first-order chi connectivity index (χ1) is 14.1. The van der Waals surface area contributed by atoms with E-state index in [4.69, 9.17) is 24.5 Å². The van der Waals surface area contributed by atoms with Gasteiger partial charge >= 0.3 is 17.9 Å². The predicted molar refractivity (Wildman–Crippen MR) is 112 cm³/mol. The molecule has 1 unspecified atom stereocenters. The Bertz CT molecular complexity index is 833. The summed E-state index contributed by atoms with van der Waals surface area (Å²) in [5.74, 6) is -4.21. The van der Waals surface area contributed by atoms with Crippen molar-refractivity contribution in [3.05, 3.63) is 57.8 Å². The number of carboxylic acid groups (broad SMARTS) is 2. The molecule has 0 saturated heterocycles. The third-order valence-corrected chi connectivity index (χ3v) is 4.82. The molecule has 0 aliphatic rings. The van der Waals surface area contributed by atoms with E-state index in [-0.39, 0.29) is 17.7 Å². The molecule has 0 aliphatic carbocycles. The average molecular weight is 435 g/mol. The van der Waals surface area contributed by atoms with Gasteiger partial charge in [0.2, 0.25) is 5.78 Å². The Kier molecular flexibility index (Phi) is 10.4. The summed E-state index contributed by atoms with van der Waals surface area (Å²) in [5.41, 5.74) is 1.49. The van der Waals surface area contributed by atoms with Crippen LogP contribution in [-0.2, 0) is 19.1 Å². The van der Waals surface area contributed by atoms with Gasteiger partial charge in [0.1, 0.15) is 0 Å². The van der Waals surface area contributed by atoms with Crippen molar-refractivity contribution in [3.8, 4) is 0 Å². The zero-order valence-corrected chi connectivity index (χ0v) is 17.8. The fourth-order valence-corrected chi connectivity index (χ4v) is 2.97. The summed E-state index contributed by atoms with van der Waals surface area (Å²) in [5, 5.41) is 16.7. The van der Waals surface area contributed by atoms with Gasteiger partial charge in [-0.15, -0.1) is 11.3 Å². The van der Waals surface area contributed by atoms with Gasteiger partial charge in [0, 0.05) is 12.1 Å². The molecule has 1 heterocycles. The maximum atomic E-state index is 12.3. The molecular formula is C21H25NO7S. The lowest BCUT2D eigenvalue weighted by Gasteiger charge is -2.13. The normalized spacial score (nSPS) is 11.2. The summed E-state index contributed by atoms with van der Waals surface area (Å²) in [4.78, 5) is 45.3. The van der Waals surface area contributed by atoms with Gasteiger partial charge in [0.05, 0.1) is 17.4 Å². The molecular weight excluding hydrogens is 410 g/mol. The van der Waals surface area contributed by atoms with Crippen LogP contribution >= 0.6 is 11.3 Å². The third kappa shape index (κ3) is 8.54. The molecule has 1 atom stereocenters. The highest BCUT2D eigenvalue weighted by atomic mass is 32.1. The molecule has 0 aliphatic heterocycles. The Balaban J connectivity index is 0.000000656. The number of carbonyl (C=O) groups excluding carboxylic acids is 2. The molecule has 8 nitrogen and oxygen atoms in total. The molecule has 2 aromatic rings. The van der Waals surface area contributed by atoms with Crippen molar-refractivity contribution < 1.29 is 34.1 Å². The lowest BCUT2D eigenvalue weighted by atomic mass is 9.98. The van der Waals surface area contributed by atoms with Crippen LogP contribution in [0.5, 0.6) is 0 Å². The van der Waals surface area contributed by atoms with E-state index in [1.165, 1.54) is 11.3 Å². The first-order valence-corrected chi connectivity index (χ1v) is 9.97. The largest absolute Gasteiger partial charge is 0.473 e. The van der Waals surface area contributed by atoms with Crippen molar-refractivity contribution in [1.29, 1.82) is 0 Å². The van der Waals surface area contributed by atoms with E-state index in [0.717, 1.165) is 23.4 Å². The van der Waals surface area contributed by atoms with Gasteiger partial charge < -0.3 is 19.8 Å². The van der Waals surface area contributed by atoms with Crippen LogP contribution in [0.3, 0.4) is 0 Å². The minimum Gasteiger partial charge on any atom is -0.473 e. The van der Waals surface area contributed by atoms with E-state index in [0.29, 0.717) is 12.2 Å². The summed E-state index contributed by atoms with van der Waals surface area (Å²) in [6.07, 6.45) is 0.819. The summed E-state index contributed by atoms with van der Waals surface area (Å²) < 4.78 is 5.31. The summed E-state index contributed by atoms with van der Waals surface area (Å²) in [6.45, 7) is 3.14. The number of benzene rings is 1. The van der Waals surface area contributed by atoms with Crippen LogP contribution in [0.4, 0.5) is 0 Å². The van der Waals surface area contributed by atoms with Crippen LogP contribution < -0.4 is 0 Å². The fraction of sp³-hybridized carbons (Fsp3) is 0.333. The molecule has 0 amide bonds. The van der Waals surface area contributed by atoms with Crippen molar-refractivity contribution in [2.75, 3.05) is 27.2 Å². The van der Waals surface area contributed by atoms with E-state index >= 15 is 0 Å². The second-order valence-corrected chi connectivity index (χ2v) is 7.53. The van der Waals surface area contributed by atoms with Crippen LogP contribution in [-0.4, -0.2) is 66.1 Å². The van der Waals surface area contributed by atoms with Gasteiger partial charge in [-0.25, -0.2) is 9.59 Å². The number of thiophene rings is 1. The Morgan fingerprint density at radius 2 is 1.63 bits per heavy atom. The van der Waals surface area contributed by atoms with Crippen molar-refractivity contribution in [2.45, 2.75) is 19.3 Å². The van der Waals surface area contributed by atoms with Crippen molar-refractivity contribution in [3.63, 3.8) is 0 Å². The quantitative estimate of drug-likeness (QED) is 0.281. The first-order valence-electron chi connectivity index (χ1n) is 9.09. The Morgan fingerprint density at radius 1 is 1.03 bits per heavy atom. The number of carbonyl (C=O) groups is 4. The van der Waals surface area contributed by atoms with E-state index in [9.17, 15) is 9.59 Å². The molecule has 2 N–H and O–H groups in total. The number of carboxylic acids is 2. The topological polar surface area (TPSA) is 121 Å². The van der Waals surface area contributed by atoms with Crippen LogP contribution in [0, 0.1) is 0 Å². The molecule has 0 radical (unpaired) electrons. The third-order valence-electron chi connectivity index (χ3n) is 3.95. The monoisotopic (exact) mass is 435 g/mol. The number of hydrogen-bond donors (Lipinski definition) is 2. The first kappa shape index (κ1) is 25.0. The molecule has 0 fully saturated rings. The Hall–Kier alpha value is -3.04. The van der Waals surface area contributed by atoms with Gasteiger partial charge in [-0.05, 0) is 44.4 Å². The highest BCUT2D eigenvalue weighted by Crippen LogP contribution is 2.20. The minimum atomic E-state index is -1.82. The zero-order valence-electron chi connectivity index (χ0n) is 17.0. The van der Waals surface area contributed by atoms with Crippen LogP contribution in [0.15, 0.2) is 41.8 Å². The standard InChI is InChI=1S/C19H23NO3S.C2H2O4/c1-14(19(22)23-12-5-11-20(2)3)15-7-9-16(10-8-15)18(21)17-6-4-13-24-17;3-1(4)2(5)6/h4,6-10,13-14H,5,11-12H2,1-3H3;(H,3,4)(H,5,6). The Labute approximate surface area is 178 Å². The molecule has 2 rings (SSSR count). The van der Waals surface area contributed by atoms with Crippen LogP contribution in [0.2, 0.25) is 0 Å². The number of hydrogen-bond acceptors (Lipinski definition) is 7. The second kappa shape index (κ2) is 12.5. The molecule has 1 aromatic carbocycles. The van der Waals surface area contributed by atoms with E-state index in [1.807, 2.05) is 50.7 Å². The average Bonchev–Trinajstić information content (AvgIpc) is 3.25. The smallest absolute Gasteiger partial charge is 0.414 e. The summed E-state index contributed by atoms with van der Waals surface area (Å²) >= 11 is 1.43. The van der Waals surface area contributed by atoms with E-state index in [2.05, 4.69) is 4.90 Å². The molecule has 0 saturated carbocycles. The van der Waals surface area contributed by atoms with Gasteiger partial charge in [0.25, 0.3) is 0 Å². The number of rotatable bonds is 8. The van der Waals surface area contributed by atoms with Crippen molar-refractivity contribution >= 4 is 35.0 Å². The highest BCUT2D eigenvalue weighted by molar-refractivity contribution is 7.12. The number of ketones is 1. The second-order valence-electron chi connectivity index (χ2n) is 6.58. The van der Waals surface area contributed by atoms with Crippen molar-refractivity contribution in [1.82, 2.24) is 4.90 Å². The zero-order chi connectivity index (χ0) is 22.7. The van der Waals surface area contributed by atoms with Gasteiger partial charge in [0.15, 0.2) is 0 Å². The maximum absolute atomic E-state index is 12.3. The summed E-state index contributed by atoms with van der Waals surface area (Å²) in [6, 6.07) is 10.9. The SMILES string of the molecule is CC(C(=O)OCCCN(C)C)c1ccc(C(=O)c2cccs2)cc1.O=C(O)C(=O)O. The molecule has 30 heavy (non-hydrogen) atoms. The number of esters is 1. The minimum absolute atomic E-state index is 0.00969. The maximum Gasteiger partial charge on any atom is 0.414 e. The molecule has 9 heteroatoms. The molecule has 162 valence electrons. The van der Waals surface area contributed by atoms with Crippen LogP contribution in [0.1, 0.15) is 40.1 Å². The van der Waals surface area contributed by atoms with Gasteiger partial charge in [-0.3, -0.25) is 9.59 Å². The molecule has 0 spiro atoms. The van der Waals surface area contributed by atoms with Gasteiger partial charge in [-0.2, -0.15) is 0 Å². The highest BCUT2D eigenvalue weighted by Gasteiger charge is 2.18. The van der Waals surface area contributed by atoms with Crippen LogP contribution in [0.25, 0.3) is 0 Å². The lowest BCUT2D eigenvalue weighted by molar-refractivity contribution is -0.159. The summed E-state index contributed by atoms with van der Waals surface area (Å²) in [7, 11) is 3.98. The van der Waals surface area contributed by atoms with E-state index < -0.39 is 11.9 Å². The number of nitrogens with zero attached hydrogens (tertiary/aromatic N) is 1.